The maximum Gasteiger partial charge on any atom is 0.336 e. The molecule has 0 amide bonds. The summed E-state index contributed by atoms with van der Waals surface area (Å²) in [5.41, 5.74) is 3.07. The highest BCUT2D eigenvalue weighted by molar-refractivity contribution is 5.93. The lowest BCUT2D eigenvalue weighted by molar-refractivity contribution is -0.132. The molecule has 1 unspecified atom stereocenters. The fraction of sp³-hybridized carbons (Fsp3) is 0.222. The van der Waals surface area contributed by atoms with Gasteiger partial charge in [0.2, 0.25) is 0 Å². The molecule has 3 rings (SSSR count). The number of fused-ring (bicyclic) bond motifs is 1. The number of H-pyrrole nitrogens is 1. The molecule has 122 valence electrons. The van der Waals surface area contributed by atoms with Crippen LogP contribution in [0, 0.1) is 11.3 Å². The minimum atomic E-state index is -1.09. The van der Waals surface area contributed by atoms with Crippen LogP contribution in [0.1, 0.15) is 18.5 Å². The summed E-state index contributed by atoms with van der Waals surface area (Å²) < 4.78 is 0. The zero-order valence-corrected chi connectivity index (χ0v) is 13.2. The van der Waals surface area contributed by atoms with E-state index >= 15 is 0 Å². The second-order valence-corrected chi connectivity index (χ2v) is 5.83. The van der Waals surface area contributed by atoms with Gasteiger partial charge in [-0.2, -0.15) is 5.26 Å². The van der Waals surface area contributed by atoms with Crippen molar-refractivity contribution in [2.75, 3.05) is 18.1 Å². The molecule has 2 aromatic rings. The SMILES string of the molecule is CC(CO)c1cc2cc(N3C=CC(C(=O)O)=C(C#N)C3)ccc2[nH]1. The third-order valence-electron chi connectivity index (χ3n) is 4.20. The van der Waals surface area contributed by atoms with Gasteiger partial charge < -0.3 is 20.1 Å². The monoisotopic (exact) mass is 323 g/mol. The molecule has 2 heterocycles. The Morgan fingerprint density at radius 2 is 2.25 bits per heavy atom. The summed E-state index contributed by atoms with van der Waals surface area (Å²) in [4.78, 5) is 16.3. The number of nitriles is 1. The molecule has 0 saturated heterocycles. The third kappa shape index (κ3) is 2.77. The number of hydrogen-bond donors (Lipinski definition) is 3. The van der Waals surface area contributed by atoms with E-state index in [1.165, 1.54) is 6.08 Å². The molecule has 0 aliphatic carbocycles. The topological polar surface area (TPSA) is 100 Å². The van der Waals surface area contributed by atoms with Gasteiger partial charge in [0.25, 0.3) is 0 Å². The smallest absolute Gasteiger partial charge is 0.336 e. The van der Waals surface area contributed by atoms with Crippen molar-refractivity contribution in [1.29, 1.82) is 5.26 Å². The first-order valence-corrected chi connectivity index (χ1v) is 7.58. The number of aliphatic carboxylic acids is 1. The van der Waals surface area contributed by atoms with Gasteiger partial charge in [-0.3, -0.25) is 0 Å². The van der Waals surface area contributed by atoms with Crippen LogP contribution in [0.2, 0.25) is 0 Å². The molecular weight excluding hydrogens is 306 g/mol. The van der Waals surface area contributed by atoms with Crippen molar-refractivity contribution >= 4 is 22.6 Å². The van der Waals surface area contributed by atoms with Gasteiger partial charge in [0.15, 0.2) is 0 Å². The maximum absolute atomic E-state index is 11.1. The van der Waals surface area contributed by atoms with E-state index in [2.05, 4.69) is 4.98 Å². The summed E-state index contributed by atoms with van der Waals surface area (Å²) in [5.74, 6) is -1.06. The Bertz CT molecular complexity index is 902. The first-order valence-electron chi connectivity index (χ1n) is 7.58. The van der Waals surface area contributed by atoms with Crippen molar-refractivity contribution in [3.05, 3.63) is 53.4 Å². The quantitative estimate of drug-likeness (QED) is 0.802. The third-order valence-corrected chi connectivity index (χ3v) is 4.20. The molecule has 6 heteroatoms. The molecular formula is C18H17N3O3. The fourth-order valence-corrected chi connectivity index (χ4v) is 2.73. The number of aliphatic hydroxyl groups excluding tert-OH is 1. The van der Waals surface area contributed by atoms with Crippen molar-refractivity contribution in [3.8, 4) is 6.07 Å². The summed E-state index contributed by atoms with van der Waals surface area (Å²) in [6.45, 7) is 2.24. The molecule has 0 radical (unpaired) electrons. The summed E-state index contributed by atoms with van der Waals surface area (Å²) in [5, 5.41) is 28.6. The van der Waals surface area contributed by atoms with Gasteiger partial charge in [-0.1, -0.05) is 6.92 Å². The van der Waals surface area contributed by atoms with Crippen LogP contribution < -0.4 is 4.90 Å². The van der Waals surface area contributed by atoms with E-state index in [1.807, 2.05) is 42.2 Å². The number of aliphatic hydroxyl groups is 1. The van der Waals surface area contributed by atoms with Gasteiger partial charge >= 0.3 is 5.97 Å². The predicted octanol–water partition coefficient (Wildman–Crippen LogP) is 2.50. The van der Waals surface area contributed by atoms with E-state index in [0.29, 0.717) is 0 Å². The fourth-order valence-electron chi connectivity index (χ4n) is 2.73. The molecule has 0 saturated carbocycles. The zero-order valence-electron chi connectivity index (χ0n) is 13.2. The van der Waals surface area contributed by atoms with E-state index in [1.54, 1.807) is 6.20 Å². The van der Waals surface area contributed by atoms with Gasteiger partial charge in [0, 0.05) is 34.4 Å². The zero-order chi connectivity index (χ0) is 17.3. The summed E-state index contributed by atoms with van der Waals surface area (Å²) in [6, 6.07) is 9.80. The van der Waals surface area contributed by atoms with Crippen LogP contribution in [0.25, 0.3) is 10.9 Å². The molecule has 1 aromatic heterocycles. The molecule has 24 heavy (non-hydrogen) atoms. The summed E-state index contributed by atoms with van der Waals surface area (Å²) in [7, 11) is 0. The van der Waals surface area contributed by atoms with Gasteiger partial charge in [-0.15, -0.1) is 0 Å². The molecule has 3 N–H and O–H groups in total. The lowest BCUT2D eigenvalue weighted by Gasteiger charge is -2.24. The van der Waals surface area contributed by atoms with Gasteiger partial charge in [0.1, 0.15) is 0 Å². The molecule has 0 spiro atoms. The highest BCUT2D eigenvalue weighted by Gasteiger charge is 2.19. The Labute approximate surface area is 138 Å². The van der Waals surface area contributed by atoms with E-state index in [9.17, 15) is 15.2 Å². The van der Waals surface area contributed by atoms with E-state index < -0.39 is 5.97 Å². The number of aromatic amines is 1. The predicted molar refractivity (Wildman–Crippen MR) is 90.6 cm³/mol. The number of anilines is 1. The summed E-state index contributed by atoms with van der Waals surface area (Å²) >= 11 is 0. The second kappa shape index (κ2) is 6.22. The highest BCUT2D eigenvalue weighted by atomic mass is 16.4. The van der Waals surface area contributed by atoms with Crippen molar-refractivity contribution in [2.45, 2.75) is 12.8 Å². The maximum atomic E-state index is 11.1. The van der Waals surface area contributed by atoms with Crippen molar-refractivity contribution in [3.63, 3.8) is 0 Å². The van der Waals surface area contributed by atoms with Crippen LogP contribution in [-0.2, 0) is 4.79 Å². The Morgan fingerprint density at radius 1 is 1.46 bits per heavy atom. The number of carbonyl (C=O) groups is 1. The van der Waals surface area contributed by atoms with Crippen LogP contribution in [0.5, 0.6) is 0 Å². The molecule has 0 fully saturated rings. The van der Waals surface area contributed by atoms with E-state index in [0.717, 1.165) is 22.3 Å². The number of aromatic nitrogens is 1. The number of carboxylic acid groups (broad SMARTS) is 1. The largest absolute Gasteiger partial charge is 0.478 e. The van der Waals surface area contributed by atoms with Gasteiger partial charge in [-0.05, 0) is 30.3 Å². The number of nitrogens with one attached hydrogen (secondary N) is 1. The van der Waals surface area contributed by atoms with Gasteiger partial charge in [0.05, 0.1) is 30.4 Å². The Kier molecular flexibility index (Phi) is 4.11. The molecule has 1 atom stereocenters. The first-order chi connectivity index (χ1) is 11.5. The van der Waals surface area contributed by atoms with Crippen molar-refractivity contribution < 1.29 is 15.0 Å². The second-order valence-electron chi connectivity index (χ2n) is 5.83. The van der Waals surface area contributed by atoms with Crippen LogP contribution >= 0.6 is 0 Å². The molecule has 1 aliphatic rings. The Morgan fingerprint density at radius 3 is 2.92 bits per heavy atom. The normalized spacial score (nSPS) is 15.6. The molecule has 1 aliphatic heterocycles. The minimum absolute atomic E-state index is 0.0296. The van der Waals surface area contributed by atoms with Crippen molar-refractivity contribution in [1.82, 2.24) is 4.98 Å². The number of rotatable bonds is 4. The highest BCUT2D eigenvalue weighted by Crippen LogP contribution is 2.28. The van der Waals surface area contributed by atoms with E-state index in [4.69, 9.17) is 5.11 Å². The lowest BCUT2D eigenvalue weighted by Crippen LogP contribution is -2.24. The van der Waals surface area contributed by atoms with E-state index in [-0.39, 0.29) is 30.2 Å². The average molecular weight is 323 g/mol. The molecule has 0 bridgehead atoms. The summed E-state index contributed by atoms with van der Waals surface area (Å²) in [6.07, 6.45) is 3.13. The number of hydrogen-bond acceptors (Lipinski definition) is 4. The Hall–Kier alpha value is -3.04. The number of carboxylic acids is 1. The van der Waals surface area contributed by atoms with Crippen LogP contribution in [0.15, 0.2) is 47.7 Å². The average Bonchev–Trinajstić information content (AvgIpc) is 3.03. The van der Waals surface area contributed by atoms with Crippen molar-refractivity contribution in [2.24, 2.45) is 0 Å². The molecule has 1 aromatic carbocycles. The lowest BCUT2D eigenvalue weighted by atomic mass is 10.1. The standard InChI is InChI=1S/C18H17N3O3/c1-11(10-22)17-7-12-6-14(2-3-16(12)20-17)21-5-4-15(18(23)24)13(8-19)9-21/h2-7,11,20,22H,9-10H2,1H3,(H,23,24). The van der Waals surface area contributed by atoms with Crippen LogP contribution in [0.4, 0.5) is 5.69 Å². The van der Waals surface area contributed by atoms with Crippen LogP contribution in [0.3, 0.4) is 0 Å². The number of nitrogens with zero attached hydrogens (tertiary/aromatic N) is 2. The van der Waals surface area contributed by atoms with Gasteiger partial charge in [-0.25, -0.2) is 4.79 Å². The van der Waals surface area contributed by atoms with Crippen LogP contribution in [-0.4, -0.2) is 34.3 Å². The first kappa shape index (κ1) is 15.8. The Balaban J connectivity index is 1.93. The minimum Gasteiger partial charge on any atom is -0.478 e. The molecule has 6 nitrogen and oxygen atoms in total. The number of benzene rings is 1.